The van der Waals surface area contributed by atoms with Crippen molar-refractivity contribution >= 4 is 28.6 Å². The number of para-hydroxylation sites is 1. The van der Waals surface area contributed by atoms with Gasteiger partial charge in [0.25, 0.3) is 5.91 Å². The third-order valence-electron chi connectivity index (χ3n) is 5.41. The summed E-state index contributed by atoms with van der Waals surface area (Å²) in [5.74, 6) is -0.228. The van der Waals surface area contributed by atoms with Gasteiger partial charge in [-0.3, -0.25) is 9.48 Å². The normalized spacial score (nSPS) is 11.8. The number of hydrogen-bond acceptors (Lipinski definition) is 3. The number of amides is 1. The lowest BCUT2D eigenvalue weighted by Gasteiger charge is -2.09. The molecule has 166 valence electrons. The van der Waals surface area contributed by atoms with Crippen LogP contribution in [0, 0.1) is 6.92 Å². The summed E-state index contributed by atoms with van der Waals surface area (Å²) >= 11 is 1.33. The second-order valence-electron chi connectivity index (χ2n) is 7.47. The Kier molecular flexibility index (Phi) is 5.77. The fourth-order valence-corrected chi connectivity index (χ4v) is 4.54. The van der Waals surface area contributed by atoms with Crippen molar-refractivity contribution < 1.29 is 18.0 Å². The third-order valence-corrected chi connectivity index (χ3v) is 6.56. The summed E-state index contributed by atoms with van der Waals surface area (Å²) in [6, 6.07) is 12.6. The van der Waals surface area contributed by atoms with Gasteiger partial charge in [0.05, 0.1) is 17.3 Å². The summed E-state index contributed by atoms with van der Waals surface area (Å²) in [6.07, 6.45) is -2.58. The zero-order chi connectivity index (χ0) is 23.0. The fraction of sp³-hybridized carbons (Fsp3) is 0.217. The molecule has 0 fully saturated rings. The molecule has 0 saturated heterocycles. The van der Waals surface area contributed by atoms with Gasteiger partial charge in [-0.15, -0.1) is 0 Å². The van der Waals surface area contributed by atoms with Crippen molar-refractivity contribution in [2.75, 3.05) is 0 Å². The van der Waals surface area contributed by atoms with Gasteiger partial charge in [-0.25, -0.2) is 0 Å². The lowest BCUT2D eigenvalue weighted by atomic mass is 10.1. The number of halogens is 3. The minimum Gasteiger partial charge on any atom is -0.347 e. The molecule has 0 aliphatic heterocycles. The number of alkyl halides is 3. The molecular formula is C23H21F3N4OS. The number of benzene rings is 2. The number of rotatable bonds is 5. The molecule has 2 aromatic carbocycles. The van der Waals surface area contributed by atoms with Crippen molar-refractivity contribution in [1.29, 1.82) is 0 Å². The van der Waals surface area contributed by atoms with E-state index >= 15 is 0 Å². The first-order valence-corrected chi connectivity index (χ1v) is 10.7. The van der Waals surface area contributed by atoms with Gasteiger partial charge in [-0.1, -0.05) is 30.0 Å². The molecule has 5 nitrogen and oxygen atoms in total. The predicted octanol–water partition coefficient (Wildman–Crippen LogP) is 5.32. The summed E-state index contributed by atoms with van der Waals surface area (Å²) in [6.45, 7) is 2.22. The molecule has 2 heterocycles. The molecule has 1 amide bonds. The van der Waals surface area contributed by atoms with Gasteiger partial charge in [0, 0.05) is 41.5 Å². The van der Waals surface area contributed by atoms with E-state index in [1.54, 1.807) is 28.6 Å². The van der Waals surface area contributed by atoms with E-state index in [0.717, 1.165) is 39.2 Å². The second-order valence-corrected chi connectivity index (χ2v) is 8.58. The van der Waals surface area contributed by atoms with Gasteiger partial charge >= 0.3 is 6.18 Å². The predicted molar refractivity (Wildman–Crippen MR) is 118 cm³/mol. The van der Waals surface area contributed by atoms with E-state index in [0.29, 0.717) is 17.1 Å². The highest BCUT2D eigenvalue weighted by Gasteiger charge is 2.30. The van der Waals surface area contributed by atoms with Crippen molar-refractivity contribution in [2.45, 2.75) is 29.4 Å². The average Bonchev–Trinajstić information content (AvgIpc) is 3.27. The van der Waals surface area contributed by atoms with E-state index in [9.17, 15) is 18.0 Å². The van der Waals surface area contributed by atoms with Crippen LogP contribution in [0.25, 0.3) is 10.9 Å². The lowest BCUT2D eigenvalue weighted by molar-refractivity contribution is -0.137. The van der Waals surface area contributed by atoms with E-state index < -0.39 is 11.7 Å². The molecule has 4 rings (SSSR count). The molecule has 2 aromatic heterocycles. The maximum Gasteiger partial charge on any atom is 0.416 e. The molecule has 0 bridgehead atoms. The minimum absolute atomic E-state index is 0.228. The monoisotopic (exact) mass is 458 g/mol. The molecule has 0 spiro atoms. The van der Waals surface area contributed by atoms with Crippen LogP contribution in [0.3, 0.4) is 0 Å². The summed E-state index contributed by atoms with van der Waals surface area (Å²) in [5.41, 5.74) is 2.58. The zero-order valence-electron chi connectivity index (χ0n) is 17.7. The number of fused-ring (bicyclic) bond motifs is 1. The molecule has 0 radical (unpaired) electrons. The molecule has 9 heteroatoms. The Labute approximate surface area is 187 Å². The maximum absolute atomic E-state index is 12.9. The maximum atomic E-state index is 12.9. The van der Waals surface area contributed by atoms with E-state index in [2.05, 4.69) is 10.4 Å². The first kappa shape index (κ1) is 22.0. The third kappa shape index (κ3) is 4.25. The van der Waals surface area contributed by atoms with Gasteiger partial charge in [0.2, 0.25) is 0 Å². The smallest absolute Gasteiger partial charge is 0.347 e. The van der Waals surface area contributed by atoms with Crippen molar-refractivity contribution in [1.82, 2.24) is 19.7 Å². The highest BCUT2D eigenvalue weighted by atomic mass is 32.2. The molecule has 4 aromatic rings. The Hall–Kier alpha value is -3.20. The van der Waals surface area contributed by atoms with Crippen LogP contribution in [0.15, 0.2) is 64.5 Å². The first-order chi connectivity index (χ1) is 15.1. The van der Waals surface area contributed by atoms with Crippen molar-refractivity contribution in [2.24, 2.45) is 14.1 Å². The molecule has 0 saturated carbocycles. The number of nitrogens with one attached hydrogen (secondary N) is 1. The summed E-state index contributed by atoms with van der Waals surface area (Å²) in [7, 11) is 3.65. The Morgan fingerprint density at radius 2 is 1.84 bits per heavy atom. The standard InChI is InChI=1S/C23H21F3N4OS/c1-14-20(32-18-9-7-17(8-10-18)23(24,25)26)11-19(29(14)2)22(31)27-12-15-5-4-6-16-13-28-30(3)21(15)16/h4-11,13H,12H2,1-3H3,(H,27,31). The summed E-state index contributed by atoms with van der Waals surface area (Å²) < 4.78 is 41.9. The Morgan fingerprint density at radius 3 is 2.53 bits per heavy atom. The molecule has 0 atom stereocenters. The van der Waals surface area contributed by atoms with Crippen molar-refractivity contribution in [3.05, 3.63) is 77.2 Å². The number of nitrogens with zero attached hydrogens (tertiary/aromatic N) is 3. The van der Waals surface area contributed by atoms with Crippen LogP contribution in [-0.4, -0.2) is 20.3 Å². The van der Waals surface area contributed by atoms with Gasteiger partial charge < -0.3 is 9.88 Å². The quantitative estimate of drug-likeness (QED) is 0.440. The SMILES string of the molecule is Cc1c(Sc2ccc(C(F)(F)F)cc2)cc(C(=O)NCc2cccc3cnn(C)c23)n1C. The van der Waals surface area contributed by atoms with Crippen LogP contribution < -0.4 is 5.32 Å². The van der Waals surface area contributed by atoms with Crippen LogP contribution in [-0.2, 0) is 26.8 Å². The fourth-order valence-electron chi connectivity index (χ4n) is 3.56. The highest BCUT2D eigenvalue weighted by molar-refractivity contribution is 7.99. The van der Waals surface area contributed by atoms with E-state index in [1.165, 1.54) is 23.9 Å². The van der Waals surface area contributed by atoms with Gasteiger partial charge in [-0.05, 0) is 42.8 Å². The van der Waals surface area contributed by atoms with Crippen LogP contribution >= 0.6 is 11.8 Å². The number of carbonyl (C=O) groups is 1. The van der Waals surface area contributed by atoms with Crippen LogP contribution in [0.1, 0.15) is 27.3 Å². The van der Waals surface area contributed by atoms with E-state index in [-0.39, 0.29) is 5.91 Å². The number of aryl methyl sites for hydroxylation is 1. The molecule has 0 unspecified atom stereocenters. The topological polar surface area (TPSA) is 51.9 Å². The summed E-state index contributed by atoms with van der Waals surface area (Å²) in [4.78, 5) is 14.4. The van der Waals surface area contributed by atoms with Crippen molar-refractivity contribution in [3.8, 4) is 0 Å². The molecular weight excluding hydrogens is 437 g/mol. The van der Waals surface area contributed by atoms with Crippen molar-refractivity contribution in [3.63, 3.8) is 0 Å². The Bertz CT molecular complexity index is 1290. The number of carbonyl (C=O) groups excluding carboxylic acids is 1. The second kappa shape index (κ2) is 8.38. The van der Waals surface area contributed by atoms with Crippen LogP contribution in [0.5, 0.6) is 0 Å². The first-order valence-electron chi connectivity index (χ1n) is 9.84. The summed E-state index contributed by atoms with van der Waals surface area (Å²) in [5, 5.41) is 8.23. The van der Waals surface area contributed by atoms with Gasteiger partial charge in [0.1, 0.15) is 5.69 Å². The van der Waals surface area contributed by atoms with Gasteiger partial charge in [0.15, 0.2) is 0 Å². The molecule has 1 N–H and O–H groups in total. The zero-order valence-corrected chi connectivity index (χ0v) is 18.5. The molecule has 0 aliphatic rings. The largest absolute Gasteiger partial charge is 0.416 e. The molecule has 32 heavy (non-hydrogen) atoms. The number of aromatic nitrogens is 3. The Balaban J connectivity index is 1.50. The Morgan fingerprint density at radius 1 is 1.12 bits per heavy atom. The van der Waals surface area contributed by atoms with E-state index in [1.807, 2.05) is 32.2 Å². The average molecular weight is 459 g/mol. The van der Waals surface area contributed by atoms with E-state index in [4.69, 9.17) is 0 Å². The molecule has 0 aliphatic carbocycles. The van der Waals surface area contributed by atoms with Gasteiger partial charge in [-0.2, -0.15) is 18.3 Å². The minimum atomic E-state index is -4.36. The number of hydrogen-bond donors (Lipinski definition) is 1. The van der Waals surface area contributed by atoms with Crippen LogP contribution in [0.4, 0.5) is 13.2 Å². The highest BCUT2D eigenvalue weighted by Crippen LogP contribution is 2.35. The lowest BCUT2D eigenvalue weighted by Crippen LogP contribution is -2.25. The van der Waals surface area contributed by atoms with Crippen LogP contribution in [0.2, 0.25) is 0 Å².